The summed E-state index contributed by atoms with van der Waals surface area (Å²) in [5, 5.41) is 17.1. The molecule has 0 spiro atoms. The van der Waals surface area contributed by atoms with E-state index < -0.39 is 5.82 Å². The smallest absolute Gasteiger partial charge is 0.267 e. The van der Waals surface area contributed by atoms with Gasteiger partial charge in [-0.1, -0.05) is 23.4 Å². The zero-order valence-electron chi connectivity index (χ0n) is 10.8. The minimum Gasteiger partial charge on any atom is -0.267 e. The predicted octanol–water partition coefficient (Wildman–Crippen LogP) is 1.85. The molecule has 3 rings (SSSR count). The first-order chi connectivity index (χ1) is 10.2. The molecular formula is C15H9FN4O. The van der Waals surface area contributed by atoms with E-state index in [2.05, 4.69) is 10.3 Å². The molecule has 0 N–H and O–H groups in total. The molecule has 6 heteroatoms. The van der Waals surface area contributed by atoms with Crippen LogP contribution in [0.4, 0.5) is 4.39 Å². The van der Waals surface area contributed by atoms with Crippen molar-refractivity contribution in [2.75, 3.05) is 0 Å². The number of hydrogen-bond acceptors (Lipinski definition) is 4. The van der Waals surface area contributed by atoms with Crippen LogP contribution in [0.25, 0.3) is 10.9 Å². The quantitative estimate of drug-likeness (QED) is 0.718. The Morgan fingerprint density at radius 3 is 2.86 bits per heavy atom. The third-order valence-electron chi connectivity index (χ3n) is 3.11. The molecule has 0 aliphatic rings. The van der Waals surface area contributed by atoms with Crippen molar-refractivity contribution in [3.05, 3.63) is 69.8 Å². The average molecular weight is 280 g/mol. The number of halogens is 1. The zero-order valence-corrected chi connectivity index (χ0v) is 10.8. The van der Waals surface area contributed by atoms with Gasteiger partial charge in [0.15, 0.2) is 0 Å². The number of benzene rings is 2. The van der Waals surface area contributed by atoms with Gasteiger partial charge in [0.2, 0.25) is 0 Å². The fourth-order valence-corrected chi connectivity index (χ4v) is 2.06. The molecular weight excluding hydrogens is 271 g/mol. The van der Waals surface area contributed by atoms with E-state index in [1.807, 2.05) is 0 Å². The molecule has 0 saturated heterocycles. The molecule has 0 aliphatic carbocycles. The lowest BCUT2D eigenvalue weighted by molar-refractivity contribution is 0.595. The lowest BCUT2D eigenvalue weighted by atomic mass is 10.1. The molecule has 0 unspecified atom stereocenters. The van der Waals surface area contributed by atoms with Gasteiger partial charge in [0.1, 0.15) is 17.4 Å². The van der Waals surface area contributed by atoms with Crippen LogP contribution in [0.2, 0.25) is 0 Å². The van der Waals surface area contributed by atoms with Gasteiger partial charge in [0, 0.05) is 0 Å². The molecule has 0 fully saturated rings. The molecule has 0 aliphatic heterocycles. The van der Waals surface area contributed by atoms with Crippen LogP contribution in [0.1, 0.15) is 11.1 Å². The summed E-state index contributed by atoms with van der Waals surface area (Å²) < 4.78 is 14.5. The molecule has 0 saturated carbocycles. The number of aromatic nitrogens is 3. The van der Waals surface area contributed by atoms with Crippen molar-refractivity contribution < 1.29 is 4.39 Å². The van der Waals surface area contributed by atoms with Crippen LogP contribution in [0, 0.1) is 17.1 Å². The van der Waals surface area contributed by atoms with Crippen LogP contribution in [-0.4, -0.2) is 15.0 Å². The van der Waals surface area contributed by atoms with E-state index in [4.69, 9.17) is 5.26 Å². The van der Waals surface area contributed by atoms with Crippen LogP contribution in [-0.2, 0) is 6.54 Å². The highest BCUT2D eigenvalue weighted by Gasteiger charge is 2.07. The number of rotatable bonds is 2. The van der Waals surface area contributed by atoms with E-state index in [-0.39, 0.29) is 17.7 Å². The Morgan fingerprint density at radius 2 is 2.05 bits per heavy atom. The van der Waals surface area contributed by atoms with Crippen LogP contribution < -0.4 is 5.56 Å². The highest BCUT2D eigenvalue weighted by molar-refractivity contribution is 5.76. The molecule has 1 aromatic heterocycles. The lowest BCUT2D eigenvalue weighted by Gasteiger charge is -2.05. The molecule has 0 atom stereocenters. The summed E-state index contributed by atoms with van der Waals surface area (Å²) in [7, 11) is 0. The van der Waals surface area contributed by atoms with Gasteiger partial charge in [-0.2, -0.15) is 5.26 Å². The molecule has 21 heavy (non-hydrogen) atoms. The largest absolute Gasteiger partial charge is 0.277 e. The summed E-state index contributed by atoms with van der Waals surface area (Å²) in [6.45, 7) is 0.131. The van der Waals surface area contributed by atoms with E-state index in [0.29, 0.717) is 16.5 Å². The first kappa shape index (κ1) is 12.9. The van der Waals surface area contributed by atoms with E-state index in [1.54, 1.807) is 30.3 Å². The van der Waals surface area contributed by atoms with Crippen molar-refractivity contribution in [3.8, 4) is 6.07 Å². The summed E-state index contributed by atoms with van der Waals surface area (Å²) in [5.41, 5.74) is 0.799. The SMILES string of the molecule is N#Cc1cc(Cn2nnc3ccccc3c2=O)ccc1F. The third-order valence-corrected chi connectivity index (χ3v) is 3.11. The van der Waals surface area contributed by atoms with Crippen molar-refractivity contribution in [2.24, 2.45) is 0 Å². The van der Waals surface area contributed by atoms with Gasteiger partial charge < -0.3 is 0 Å². The Kier molecular flexibility index (Phi) is 3.16. The van der Waals surface area contributed by atoms with Crippen LogP contribution >= 0.6 is 0 Å². The number of fused-ring (bicyclic) bond motifs is 1. The third kappa shape index (κ3) is 2.37. The van der Waals surface area contributed by atoms with Crippen LogP contribution in [0.3, 0.4) is 0 Å². The monoisotopic (exact) mass is 280 g/mol. The summed E-state index contributed by atoms with van der Waals surface area (Å²) in [6, 6.07) is 12.8. The first-order valence-corrected chi connectivity index (χ1v) is 6.20. The minimum atomic E-state index is -0.585. The van der Waals surface area contributed by atoms with Crippen LogP contribution in [0.15, 0.2) is 47.3 Å². The van der Waals surface area contributed by atoms with Gasteiger partial charge >= 0.3 is 0 Å². The summed E-state index contributed by atoms with van der Waals surface area (Å²) in [4.78, 5) is 12.3. The van der Waals surface area contributed by atoms with Gasteiger partial charge in [-0.3, -0.25) is 4.79 Å². The molecule has 1 heterocycles. The van der Waals surface area contributed by atoms with Gasteiger partial charge in [-0.25, -0.2) is 9.07 Å². The van der Waals surface area contributed by atoms with Gasteiger partial charge in [-0.05, 0) is 29.8 Å². The summed E-state index contributed by atoms with van der Waals surface area (Å²) >= 11 is 0. The topological polar surface area (TPSA) is 71.6 Å². The van der Waals surface area contributed by atoms with Crippen LogP contribution in [0.5, 0.6) is 0 Å². The second-order valence-corrected chi connectivity index (χ2v) is 4.50. The van der Waals surface area contributed by atoms with Gasteiger partial charge in [0.25, 0.3) is 5.56 Å². The lowest BCUT2D eigenvalue weighted by Crippen LogP contribution is -2.24. The van der Waals surface area contributed by atoms with Crippen molar-refractivity contribution in [1.82, 2.24) is 15.0 Å². The van der Waals surface area contributed by atoms with Gasteiger partial charge in [0.05, 0.1) is 17.5 Å². The molecule has 0 amide bonds. The van der Waals surface area contributed by atoms with E-state index in [1.165, 1.54) is 22.9 Å². The number of hydrogen-bond donors (Lipinski definition) is 0. The highest BCUT2D eigenvalue weighted by atomic mass is 19.1. The predicted molar refractivity (Wildman–Crippen MR) is 74.0 cm³/mol. The van der Waals surface area contributed by atoms with Crippen molar-refractivity contribution >= 4 is 10.9 Å². The Balaban J connectivity index is 2.05. The normalized spacial score (nSPS) is 10.5. The Morgan fingerprint density at radius 1 is 1.24 bits per heavy atom. The number of nitriles is 1. The second kappa shape index (κ2) is 5.13. The minimum absolute atomic E-state index is 0.0608. The standard InChI is InChI=1S/C15H9FN4O/c16-13-6-5-10(7-11(13)8-17)9-20-15(21)12-3-1-2-4-14(12)18-19-20/h1-7H,9H2. The highest BCUT2D eigenvalue weighted by Crippen LogP contribution is 2.10. The van der Waals surface area contributed by atoms with Crippen molar-refractivity contribution in [1.29, 1.82) is 5.26 Å². The van der Waals surface area contributed by atoms with Crippen molar-refractivity contribution in [3.63, 3.8) is 0 Å². The van der Waals surface area contributed by atoms with E-state index in [9.17, 15) is 9.18 Å². The number of nitrogens with zero attached hydrogens (tertiary/aromatic N) is 4. The van der Waals surface area contributed by atoms with E-state index in [0.717, 1.165) is 0 Å². The summed E-state index contributed by atoms with van der Waals surface area (Å²) in [6.07, 6.45) is 0. The van der Waals surface area contributed by atoms with E-state index >= 15 is 0 Å². The average Bonchev–Trinajstić information content (AvgIpc) is 2.52. The molecule has 0 radical (unpaired) electrons. The maximum Gasteiger partial charge on any atom is 0.277 e. The second-order valence-electron chi connectivity index (χ2n) is 4.50. The Hall–Kier alpha value is -3.07. The maximum atomic E-state index is 13.3. The zero-order chi connectivity index (χ0) is 14.8. The molecule has 0 bridgehead atoms. The fraction of sp³-hybridized carbons (Fsp3) is 0.0667. The van der Waals surface area contributed by atoms with Gasteiger partial charge in [-0.15, -0.1) is 5.10 Å². The molecule has 102 valence electrons. The maximum absolute atomic E-state index is 13.3. The first-order valence-electron chi connectivity index (χ1n) is 6.20. The molecule has 2 aromatic carbocycles. The Bertz CT molecular complexity index is 927. The molecule has 5 nitrogen and oxygen atoms in total. The van der Waals surface area contributed by atoms with Crippen molar-refractivity contribution in [2.45, 2.75) is 6.54 Å². The fourth-order valence-electron chi connectivity index (χ4n) is 2.06. The Labute approximate surface area is 118 Å². The summed E-state index contributed by atoms with van der Waals surface area (Å²) in [5.74, 6) is -0.585. The molecule has 3 aromatic rings.